The van der Waals surface area contributed by atoms with Crippen molar-refractivity contribution in [2.45, 2.75) is 36.9 Å². The van der Waals surface area contributed by atoms with Gasteiger partial charge in [-0.1, -0.05) is 152 Å². The Hall–Kier alpha value is -7.73. The van der Waals surface area contributed by atoms with Gasteiger partial charge in [0.25, 0.3) is 5.09 Å². The monoisotopic (exact) mass is 827 g/mol. The third-order valence-electron chi connectivity index (χ3n) is 11.1. The van der Waals surface area contributed by atoms with Gasteiger partial charge in [-0.2, -0.15) is 0 Å². The average molecular weight is 828 g/mol. The molecule has 1 aliphatic rings. The number of nitrogens with zero attached hydrogens (tertiary/aromatic N) is 3. The van der Waals surface area contributed by atoms with E-state index in [1.165, 1.54) is 0 Å². The maximum atomic E-state index is 14.1. The van der Waals surface area contributed by atoms with Crippen molar-refractivity contribution in [2.24, 2.45) is 0 Å². The Kier molecular flexibility index (Phi) is 12.6. The number of hydrogen-bond acceptors (Lipinski definition) is 8. The van der Waals surface area contributed by atoms with Gasteiger partial charge in [0.1, 0.15) is 23.9 Å². The van der Waals surface area contributed by atoms with Gasteiger partial charge in [-0.05, 0) is 56.6 Å². The zero-order valence-electron chi connectivity index (χ0n) is 33.8. The molecule has 0 radical (unpaired) electrons. The SMILES string of the molecule is O=C(N[C@@H](Cc1cn(C(c2ccccc2)(c2ccccc2)c2ccccc2)cn1)C(=O)NCc1ccc(OCCCO[N+](=O)[O-])cc1)OCC1c2ccccc2-c2ccccc21. The predicted octanol–water partition coefficient (Wildman–Crippen LogP) is 8.47. The molecule has 0 aliphatic heterocycles. The minimum Gasteiger partial charge on any atom is -0.494 e. The molecule has 0 unspecified atom stereocenters. The summed E-state index contributed by atoms with van der Waals surface area (Å²) in [6, 6.07) is 53.0. The second kappa shape index (κ2) is 19.1. The normalized spacial score (nSPS) is 12.4. The molecule has 312 valence electrons. The largest absolute Gasteiger partial charge is 0.494 e. The minimum absolute atomic E-state index is 0.0590. The van der Waals surface area contributed by atoms with Crippen molar-refractivity contribution < 1.29 is 29.0 Å². The van der Waals surface area contributed by atoms with Crippen LogP contribution in [0, 0.1) is 10.1 Å². The van der Waals surface area contributed by atoms with Crippen molar-refractivity contribution in [3.63, 3.8) is 0 Å². The highest BCUT2D eigenvalue weighted by molar-refractivity contribution is 5.86. The minimum atomic E-state index is -1.04. The first-order valence-corrected chi connectivity index (χ1v) is 20.5. The molecule has 2 amide bonds. The highest BCUT2D eigenvalue weighted by atomic mass is 16.9. The topological polar surface area (TPSA) is 147 Å². The Morgan fingerprint density at radius 2 is 1.27 bits per heavy atom. The van der Waals surface area contributed by atoms with Crippen molar-refractivity contribution in [2.75, 3.05) is 19.8 Å². The third-order valence-corrected chi connectivity index (χ3v) is 11.1. The van der Waals surface area contributed by atoms with E-state index < -0.39 is 28.7 Å². The zero-order valence-corrected chi connectivity index (χ0v) is 33.8. The number of carbonyl (C=O) groups excluding carboxylic acids is 2. The van der Waals surface area contributed by atoms with Crippen molar-refractivity contribution in [1.82, 2.24) is 20.2 Å². The molecule has 7 aromatic rings. The lowest BCUT2D eigenvalue weighted by Crippen LogP contribution is -2.48. The number of ether oxygens (including phenoxy) is 2. The molecular formula is C50H45N5O7. The van der Waals surface area contributed by atoms with Crippen molar-refractivity contribution in [3.05, 3.63) is 226 Å². The maximum absolute atomic E-state index is 14.1. The molecule has 2 N–H and O–H groups in total. The number of amides is 2. The van der Waals surface area contributed by atoms with Gasteiger partial charge < -0.3 is 29.5 Å². The van der Waals surface area contributed by atoms with Crippen molar-refractivity contribution in [1.29, 1.82) is 0 Å². The first kappa shape index (κ1) is 41.0. The van der Waals surface area contributed by atoms with Crippen LogP contribution in [-0.4, -0.2) is 52.5 Å². The Labute approximate surface area is 359 Å². The smallest absolute Gasteiger partial charge is 0.407 e. The Bertz CT molecular complexity index is 2460. The van der Waals surface area contributed by atoms with Crippen molar-refractivity contribution >= 4 is 12.0 Å². The van der Waals surface area contributed by atoms with E-state index in [0.717, 1.165) is 44.5 Å². The van der Waals surface area contributed by atoms with Crippen LogP contribution >= 0.6 is 0 Å². The number of carbonyl (C=O) groups is 2. The lowest BCUT2D eigenvalue weighted by Gasteiger charge is -2.37. The number of hydrogen-bond donors (Lipinski definition) is 2. The molecule has 1 atom stereocenters. The average Bonchev–Trinajstić information content (AvgIpc) is 3.91. The molecule has 1 aromatic heterocycles. The molecule has 1 heterocycles. The van der Waals surface area contributed by atoms with E-state index in [-0.39, 0.29) is 38.7 Å². The van der Waals surface area contributed by atoms with Gasteiger partial charge in [-0.3, -0.25) is 4.79 Å². The highest BCUT2D eigenvalue weighted by Gasteiger charge is 2.39. The summed E-state index contributed by atoms with van der Waals surface area (Å²) in [5.74, 6) is 0.00306. The van der Waals surface area contributed by atoms with Crippen LogP contribution in [0.4, 0.5) is 4.79 Å². The summed E-state index contributed by atoms with van der Waals surface area (Å²) >= 11 is 0. The molecule has 6 aromatic carbocycles. The van der Waals surface area contributed by atoms with E-state index >= 15 is 0 Å². The summed E-state index contributed by atoms with van der Waals surface area (Å²) in [5.41, 5.74) is 8.03. The van der Waals surface area contributed by atoms with Gasteiger partial charge in [0.2, 0.25) is 5.91 Å². The van der Waals surface area contributed by atoms with Crippen LogP contribution < -0.4 is 15.4 Å². The molecule has 0 fully saturated rings. The number of fused-ring (bicyclic) bond motifs is 3. The Morgan fingerprint density at radius 3 is 1.84 bits per heavy atom. The van der Waals surface area contributed by atoms with Crippen molar-refractivity contribution in [3.8, 4) is 16.9 Å². The summed E-state index contributed by atoms with van der Waals surface area (Å²) in [7, 11) is 0. The molecule has 62 heavy (non-hydrogen) atoms. The van der Waals surface area contributed by atoms with Gasteiger partial charge in [0, 0.05) is 31.5 Å². The number of aromatic nitrogens is 2. The lowest BCUT2D eigenvalue weighted by molar-refractivity contribution is -0.757. The van der Waals surface area contributed by atoms with E-state index in [2.05, 4.69) is 80.7 Å². The van der Waals surface area contributed by atoms with E-state index in [4.69, 9.17) is 14.5 Å². The standard InChI is InChI=1S/C50H45N5O7/c56-48(51-32-36-25-27-41(28-26-36)60-29-14-30-62-55(58)59)47(53-49(57)61-34-46-44-23-12-10-21-42(44)43-22-11-13-24-45(43)46)31-40-33-54(35-52-40)50(37-15-4-1-5-16-37,38-17-6-2-7-18-38)39-19-8-3-9-20-39/h1-13,15-28,33,35,46-47H,14,29-32,34H2,(H,51,56)(H,53,57)/t47-/m0/s1. The van der Waals surface area contributed by atoms with Crippen LogP contribution in [0.1, 0.15) is 51.4 Å². The van der Waals surface area contributed by atoms with Gasteiger partial charge >= 0.3 is 6.09 Å². The number of rotatable bonds is 18. The number of imidazole rings is 1. The molecule has 12 heteroatoms. The van der Waals surface area contributed by atoms with Crippen LogP contribution in [-0.2, 0) is 32.9 Å². The third kappa shape index (κ3) is 9.04. The molecular weight excluding hydrogens is 783 g/mol. The molecule has 0 saturated heterocycles. The molecule has 8 rings (SSSR count). The predicted molar refractivity (Wildman–Crippen MR) is 234 cm³/mol. The second-order valence-corrected chi connectivity index (χ2v) is 14.9. The fourth-order valence-electron chi connectivity index (χ4n) is 8.24. The van der Waals surface area contributed by atoms with Gasteiger partial charge in [0.05, 0.1) is 25.2 Å². The summed E-state index contributed by atoms with van der Waals surface area (Å²) in [4.78, 5) is 47.4. The Morgan fingerprint density at radius 1 is 0.726 bits per heavy atom. The lowest BCUT2D eigenvalue weighted by atomic mass is 9.77. The first-order chi connectivity index (χ1) is 30.4. The van der Waals surface area contributed by atoms with Crippen LogP contribution in [0.3, 0.4) is 0 Å². The molecule has 1 aliphatic carbocycles. The molecule has 0 bridgehead atoms. The molecule has 0 spiro atoms. The zero-order chi connectivity index (χ0) is 42.7. The van der Waals surface area contributed by atoms with Crippen LogP contribution in [0.25, 0.3) is 11.1 Å². The summed E-state index contributed by atoms with van der Waals surface area (Å²) in [5, 5.41) is 15.4. The van der Waals surface area contributed by atoms with E-state index in [9.17, 15) is 19.7 Å². The van der Waals surface area contributed by atoms with Crippen LogP contribution in [0.5, 0.6) is 5.75 Å². The fourth-order valence-corrected chi connectivity index (χ4v) is 8.24. The Balaban J connectivity index is 1.03. The van der Waals surface area contributed by atoms with Gasteiger partial charge in [0.15, 0.2) is 0 Å². The number of nitrogens with one attached hydrogen (secondary N) is 2. The highest BCUT2D eigenvalue weighted by Crippen LogP contribution is 2.45. The molecule has 0 saturated carbocycles. The van der Waals surface area contributed by atoms with E-state index in [1.807, 2.05) is 97.2 Å². The van der Waals surface area contributed by atoms with E-state index in [0.29, 0.717) is 17.9 Å². The van der Waals surface area contributed by atoms with Crippen LogP contribution in [0.15, 0.2) is 176 Å². The first-order valence-electron chi connectivity index (χ1n) is 20.5. The number of benzene rings is 6. The molecule has 12 nitrogen and oxygen atoms in total. The van der Waals surface area contributed by atoms with Crippen LogP contribution in [0.2, 0.25) is 0 Å². The number of alkyl carbamates (subject to hydrolysis) is 1. The van der Waals surface area contributed by atoms with Gasteiger partial charge in [-0.15, -0.1) is 10.1 Å². The van der Waals surface area contributed by atoms with Gasteiger partial charge in [-0.25, -0.2) is 9.78 Å². The fraction of sp³-hybridized carbons (Fsp3) is 0.180. The summed E-state index contributed by atoms with van der Waals surface area (Å²) < 4.78 is 13.7. The second-order valence-electron chi connectivity index (χ2n) is 14.9. The maximum Gasteiger partial charge on any atom is 0.407 e. The quantitative estimate of drug-likeness (QED) is 0.0379. The summed E-state index contributed by atoms with van der Waals surface area (Å²) in [6.45, 7) is 0.447. The van der Waals surface area contributed by atoms with E-state index in [1.54, 1.807) is 18.5 Å². The summed E-state index contributed by atoms with van der Waals surface area (Å²) in [6.07, 6.45) is 3.42.